The summed E-state index contributed by atoms with van der Waals surface area (Å²) in [5.41, 5.74) is 1.87. The number of thiophene rings is 1. The lowest BCUT2D eigenvalue weighted by Gasteiger charge is -2.11. The molecule has 0 spiro atoms. The van der Waals surface area contributed by atoms with Crippen molar-refractivity contribution in [3.63, 3.8) is 0 Å². The van der Waals surface area contributed by atoms with Crippen LogP contribution in [0.25, 0.3) is 0 Å². The van der Waals surface area contributed by atoms with Gasteiger partial charge < -0.3 is 5.11 Å². The molecule has 4 heteroatoms. The third-order valence-electron chi connectivity index (χ3n) is 2.44. The van der Waals surface area contributed by atoms with Crippen LogP contribution in [0.5, 0.6) is 0 Å². The van der Waals surface area contributed by atoms with Crippen LogP contribution in [0.3, 0.4) is 0 Å². The maximum absolute atomic E-state index is 10.3. The van der Waals surface area contributed by atoms with Crippen molar-refractivity contribution in [2.24, 2.45) is 0 Å². The van der Waals surface area contributed by atoms with E-state index in [-0.39, 0.29) is 0 Å². The van der Waals surface area contributed by atoms with E-state index in [0.29, 0.717) is 0 Å². The molecule has 0 amide bonds. The molecule has 1 nitrogen and oxygen atoms in total. The van der Waals surface area contributed by atoms with E-state index in [0.717, 1.165) is 21.4 Å². The van der Waals surface area contributed by atoms with Crippen LogP contribution in [0, 0.1) is 0 Å². The van der Waals surface area contributed by atoms with Crippen molar-refractivity contribution in [2.75, 3.05) is 5.75 Å². The Labute approximate surface area is 118 Å². The smallest absolute Gasteiger partial charge is 0.106 e. The molecule has 90 valence electrons. The van der Waals surface area contributed by atoms with Gasteiger partial charge in [0, 0.05) is 20.3 Å². The van der Waals surface area contributed by atoms with E-state index in [1.165, 1.54) is 4.90 Å². The Hall–Kier alpha value is -0.290. The number of aliphatic hydroxyl groups excluding tert-OH is 1. The van der Waals surface area contributed by atoms with Gasteiger partial charge in [0.25, 0.3) is 0 Å². The zero-order valence-electron chi connectivity index (χ0n) is 9.39. The minimum atomic E-state index is -0.545. The molecular weight excluding hydrogens is 316 g/mol. The third-order valence-corrected chi connectivity index (χ3v) is 5.09. The molecule has 2 aromatic rings. The van der Waals surface area contributed by atoms with Crippen LogP contribution in [0.2, 0.25) is 0 Å². The molecule has 1 aromatic carbocycles. The number of hydrogen-bond donors (Lipinski definition) is 1. The Morgan fingerprint density at radius 2 is 2.00 bits per heavy atom. The Bertz CT molecular complexity index is 478. The van der Waals surface area contributed by atoms with Crippen molar-refractivity contribution in [3.8, 4) is 0 Å². The van der Waals surface area contributed by atoms with E-state index in [4.69, 9.17) is 0 Å². The van der Waals surface area contributed by atoms with Crippen LogP contribution in [0.1, 0.15) is 24.2 Å². The highest BCUT2D eigenvalue weighted by atomic mass is 79.9. The summed E-state index contributed by atoms with van der Waals surface area (Å²) in [5.74, 6) is 1.07. The molecule has 0 saturated heterocycles. The molecule has 0 aliphatic rings. The number of rotatable bonds is 4. The fraction of sp³-hybridized carbons (Fsp3) is 0.231. The second-order valence-corrected chi connectivity index (χ2v) is 6.51. The second-order valence-electron chi connectivity index (χ2n) is 3.58. The lowest BCUT2D eigenvalue weighted by molar-refractivity contribution is 0.220. The molecule has 2 rings (SSSR count). The average Bonchev–Trinajstić information content (AvgIpc) is 2.76. The molecule has 1 atom stereocenters. The molecule has 17 heavy (non-hydrogen) atoms. The number of thioether (sulfide) groups is 1. The van der Waals surface area contributed by atoms with Crippen molar-refractivity contribution in [2.45, 2.75) is 17.9 Å². The average molecular weight is 329 g/mol. The van der Waals surface area contributed by atoms with Gasteiger partial charge in [-0.25, -0.2) is 0 Å². The highest BCUT2D eigenvalue weighted by Crippen LogP contribution is 2.32. The minimum absolute atomic E-state index is 0.545. The predicted octanol–water partition coefficient (Wildman–Crippen LogP) is 4.70. The second kappa shape index (κ2) is 6.05. The van der Waals surface area contributed by atoms with Crippen LogP contribution < -0.4 is 0 Å². The van der Waals surface area contributed by atoms with Gasteiger partial charge in [-0.05, 0) is 44.8 Å². The zero-order chi connectivity index (χ0) is 12.3. The maximum atomic E-state index is 10.3. The summed E-state index contributed by atoms with van der Waals surface area (Å²) in [6.45, 7) is 2.13. The molecule has 0 aliphatic heterocycles. The van der Waals surface area contributed by atoms with Gasteiger partial charge in [-0.2, -0.15) is 11.3 Å². The van der Waals surface area contributed by atoms with Crippen molar-refractivity contribution >= 4 is 39.0 Å². The van der Waals surface area contributed by atoms with E-state index < -0.39 is 6.10 Å². The summed E-state index contributed by atoms with van der Waals surface area (Å²) in [5, 5.41) is 14.2. The van der Waals surface area contributed by atoms with Crippen LogP contribution in [0.4, 0.5) is 0 Å². The summed E-state index contributed by atoms with van der Waals surface area (Å²) in [4.78, 5) is 1.24. The van der Waals surface area contributed by atoms with E-state index in [2.05, 4.69) is 35.0 Å². The summed E-state index contributed by atoms with van der Waals surface area (Å²) in [6.07, 6.45) is -0.545. The van der Waals surface area contributed by atoms with E-state index >= 15 is 0 Å². The zero-order valence-corrected chi connectivity index (χ0v) is 12.6. The first-order chi connectivity index (χ1) is 8.22. The van der Waals surface area contributed by atoms with Gasteiger partial charge in [0.15, 0.2) is 0 Å². The Balaban J connectivity index is 2.20. The van der Waals surface area contributed by atoms with Gasteiger partial charge in [-0.15, -0.1) is 11.8 Å². The number of aliphatic hydroxyl groups is 1. The molecule has 1 aromatic heterocycles. The summed E-state index contributed by atoms with van der Waals surface area (Å²) in [6, 6.07) is 8.11. The molecule has 1 heterocycles. The molecule has 0 aliphatic carbocycles. The van der Waals surface area contributed by atoms with Gasteiger partial charge in [0.1, 0.15) is 6.10 Å². The molecular formula is C13H13BrOS2. The normalized spacial score (nSPS) is 12.6. The molecule has 1 N–H and O–H groups in total. The Morgan fingerprint density at radius 1 is 1.29 bits per heavy atom. The topological polar surface area (TPSA) is 20.2 Å². The van der Waals surface area contributed by atoms with E-state index in [1.54, 1.807) is 11.3 Å². The highest BCUT2D eigenvalue weighted by Gasteiger charge is 2.14. The van der Waals surface area contributed by atoms with Crippen molar-refractivity contribution in [1.82, 2.24) is 0 Å². The quantitative estimate of drug-likeness (QED) is 0.820. The molecule has 0 bridgehead atoms. The molecule has 0 radical (unpaired) electrons. The van der Waals surface area contributed by atoms with E-state index in [9.17, 15) is 5.11 Å². The van der Waals surface area contributed by atoms with Crippen LogP contribution in [0.15, 0.2) is 44.4 Å². The first-order valence-corrected chi connectivity index (χ1v) is 8.07. The van der Waals surface area contributed by atoms with Crippen LogP contribution in [-0.2, 0) is 0 Å². The minimum Gasteiger partial charge on any atom is -0.384 e. The van der Waals surface area contributed by atoms with Crippen LogP contribution >= 0.6 is 39.0 Å². The number of hydrogen-bond acceptors (Lipinski definition) is 3. The van der Waals surface area contributed by atoms with Gasteiger partial charge in [-0.1, -0.05) is 19.1 Å². The lowest BCUT2D eigenvalue weighted by Crippen LogP contribution is -1.98. The molecule has 1 unspecified atom stereocenters. The van der Waals surface area contributed by atoms with Gasteiger partial charge in [0.2, 0.25) is 0 Å². The monoisotopic (exact) mass is 328 g/mol. The summed E-state index contributed by atoms with van der Waals surface area (Å²) < 4.78 is 0.974. The number of halogens is 1. The van der Waals surface area contributed by atoms with Gasteiger partial charge in [0.05, 0.1) is 0 Å². The third kappa shape index (κ3) is 3.13. The first kappa shape index (κ1) is 13.1. The number of benzene rings is 1. The Morgan fingerprint density at radius 3 is 2.53 bits per heavy atom. The lowest BCUT2D eigenvalue weighted by atomic mass is 10.0. The molecule has 0 fully saturated rings. The molecule has 0 saturated carbocycles. The largest absolute Gasteiger partial charge is 0.384 e. The summed E-state index contributed by atoms with van der Waals surface area (Å²) in [7, 11) is 0. The van der Waals surface area contributed by atoms with Gasteiger partial charge >= 0.3 is 0 Å². The van der Waals surface area contributed by atoms with E-state index in [1.807, 2.05) is 34.7 Å². The predicted molar refractivity (Wildman–Crippen MR) is 78.9 cm³/mol. The maximum Gasteiger partial charge on any atom is 0.106 e. The Kier molecular flexibility index (Phi) is 4.68. The fourth-order valence-electron chi connectivity index (χ4n) is 1.58. The van der Waals surface area contributed by atoms with Crippen molar-refractivity contribution in [3.05, 3.63) is 50.6 Å². The van der Waals surface area contributed by atoms with Crippen molar-refractivity contribution < 1.29 is 5.11 Å². The first-order valence-electron chi connectivity index (χ1n) is 5.34. The van der Waals surface area contributed by atoms with Gasteiger partial charge in [-0.3, -0.25) is 0 Å². The summed E-state index contributed by atoms with van der Waals surface area (Å²) >= 11 is 6.85. The van der Waals surface area contributed by atoms with Crippen molar-refractivity contribution in [1.29, 1.82) is 0 Å². The fourth-order valence-corrected chi connectivity index (χ4v) is 3.77. The SMILES string of the molecule is CCSc1ccc(C(O)c2cscc2Br)cc1. The van der Waals surface area contributed by atoms with Crippen LogP contribution in [-0.4, -0.2) is 10.9 Å². The standard InChI is InChI=1S/C13H13BrOS2/c1-2-17-10-5-3-9(4-6-10)13(15)11-7-16-8-12(11)14/h3-8,13,15H,2H2,1H3. The highest BCUT2D eigenvalue weighted by molar-refractivity contribution is 9.10.